The molecule has 1 fully saturated rings. The molecule has 0 radical (unpaired) electrons. The van der Waals surface area contributed by atoms with Crippen LogP contribution in [0, 0.1) is 0 Å². The van der Waals surface area contributed by atoms with Crippen LogP contribution < -0.4 is 9.47 Å². The predicted octanol–water partition coefficient (Wildman–Crippen LogP) is 1.96. The van der Waals surface area contributed by atoms with Crippen molar-refractivity contribution in [1.29, 1.82) is 0 Å². The minimum atomic E-state index is -1.08. The minimum absolute atomic E-state index is 0.00543. The van der Waals surface area contributed by atoms with Gasteiger partial charge in [-0.15, -0.1) is 0 Å². The van der Waals surface area contributed by atoms with E-state index in [0.29, 0.717) is 24.7 Å². The maximum absolute atomic E-state index is 12.3. The van der Waals surface area contributed by atoms with E-state index < -0.39 is 12.0 Å². The van der Waals surface area contributed by atoms with Gasteiger partial charge < -0.3 is 24.2 Å². The Morgan fingerprint density at radius 2 is 1.70 bits per heavy atom. The number of hydrogen-bond donors (Lipinski definition) is 1. The van der Waals surface area contributed by atoms with Crippen molar-refractivity contribution >= 4 is 11.9 Å². The number of aliphatic carboxylic acids is 1. The number of carboxylic acids is 1. The van der Waals surface area contributed by atoms with Crippen molar-refractivity contribution in [2.24, 2.45) is 0 Å². The molecule has 1 atom stereocenters. The molecule has 7 heteroatoms. The molecular formula is C20H21NO6. The van der Waals surface area contributed by atoms with Gasteiger partial charge in [0.2, 0.25) is 0 Å². The van der Waals surface area contributed by atoms with Gasteiger partial charge in [0, 0.05) is 6.54 Å². The lowest BCUT2D eigenvalue weighted by molar-refractivity contribution is -0.159. The molecule has 1 aliphatic rings. The van der Waals surface area contributed by atoms with E-state index in [0.717, 1.165) is 5.56 Å². The Kier molecular flexibility index (Phi) is 6.27. The summed E-state index contributed by atoms with van der Waals surface area (Å²) in [5.74, 6) is -0.259. The maximum Gasteiger partial charge on any atom is 0.328 e. The Morgan fingerprint density at radius 3 is 2.37 bits per heavy atom. The van der Waals surface area contributed by atoms with Crippen LogP contribution in [0.2, 0.25) is 0 Å². The maximum atomic E-state index is 12.3. The van der Waals surface area contributed by atoms with Gasteiger partial charge in [-0.05, 0) is 29.8 Å². The van der Waals surface area contributed by atoms with Crippen molar-refractivity contribution in [3.05, 3.63) is 60.2 Å². The highest BCUT2D eigenvalue weighted by molar-refractivity contribution is 5.84. The number of ether oxygens (including phenoxy) is 3. The van der Waals surface area contributed by atoms with Crippen LogP contribution in [0.25, 0.3) is 0 Å². The summed E-state index contributed by atoms with van der Waals surface area (Å²) in [6.07, 6.45) is 0. The molecule has 1 unspecified atom stereocenters. The molecule has 2 aromatic carbocycles. The molecule has 1 saturated heterocycles. The summed E-state index contributed by atoms with van der Waals surface area (Å²) in [4.78, 5) is 24.8. The van der Waals surface area contributed by atoms with Crippen molar-refractivity contribution in [1.82, 2.24) is 4.90 Å². The van der Waals surface area contributed by atoms with Gasteiger partial charge >= 0.3 is 5.97 Å². The summed E-state index contributed by atoms with van der Waals surface area (Å²) >= 11 is 0. The smallest absolute Gasteiger partial charge is 0.328 e. The molecule has 1 aliphatic heterocycles. The van der Waals surface area contributed by atoms with Gasteiger partial charge in [-0.3, -0.25) is 4.79 Å². The third-order valence-electron chi connectivity index (χ3n) is 4.17. The second kappa shape index (κ2) is 9.05. The molecule has 0 aromatic heterocycles. The van der Waals surface area contributed by atoms with Crippen LogP contribution in [-0.2, 0) is 20.9 Å². The number of benzene rings is 2. The Bertz CT molecular complexity index is 762. The van der Waals surface area contributed by atoms with E-state index in [9.17, 15) is 14.7 Å². The molecule has 0 saturated carbocycles. The second-order valence-corrected chi connectivity index (χ2v) is 6.05. The summed E-state index contributed by atoms with van der Waals surface area (Å²) in [5.41, 5.74) is 1.07. The van der Waals surface area contributed by atoms with Crippen LogP contribution in [0.15, 0.2) is 54.6 Å². The zero-order chi connectivity index (χ0) is 19.1. The van der Waals surface area contributed by atoms with Gasteiger partial charge in [0.15, 0.2) is 12.6 Å². The average Bonchev–Trinajstić information content (AvgIpc) is 2.72. The van der Waals surface area contributed by atoms with Crippen molar-refractivity contribution in [2.75, 3.05) is 26.4 Å². The summed E-state index contributed by atoms with van der Waals surface area (Å²) < 4.78 is 16.3. The third kappa shape index (κ3) is 5.21. The van der Waals surface area contributed by atoms with Gasteiger partial charge in [0.1, 0.15) is 18.1 Å². The molecule has 0 bridgehead atoms. The third-order valence-corrected chi connectivity index (χ3v) is 4.17. The molecule has 0 aliphatic carbocycles. The highest BCUT2D eigenvalue weighted by atomic mass is 16.5. The zero-order valence-corrected chi connectivity index (χ0v) is 14.7. The van der Waals surface area contributed by atoms with E-state index in [4.69, 9.17) is 14.2 Å². The van der Waals surface area contributed by atoms with Gasteiger partial charge in [-0.1, -0.05) is 30.3 Å². The molecule has 2 aromatic rings. The van der Waals surface area contributed by atoms with E-state index in [1.54, 1.807) is 24.3 Å². The van der Waals surface area contributed by atoms with E-state index in [2.05, 4.69) is 0 Å². The van der Waals surface area contributed by atoms with E-state index in [1.165, 1.54) is 4.90 Å². The number of hydrogen-bond acceptors (Lipinski definition) is 5. The number of rotatable bonds is 7. The first kappa shape index (κ1) is 18.7. The summed E-state index contributed by atoms with van der Waals surface area (Å²) in [7, 11) is 0. The van der Waals surface area contributed by atoms with Crippen molar-refractivity contribution < 1.29 is 28.9 Å². The van der Waals surface area contributed by atoms with Gasteiger partial charge in [0.05, 0.1) is 13.2 Å². The predicted molar refractivity (Wildman–Crippen MR) is 96.7 cm³/mol. The lowest BCUT2D eigenvalue weighted by Gasteiger charge is -2.32. The number of carbonyl (C=O) groups excluding carboxylic acids is 1. The number of carboxylic acid groups (broad SMARTS) is 1. The number of amides is 1. The fourth-order valence-corrected chi connectivity index (χ4v) is 2.71. The molecule has 3 rings (SSSR count). The summed E-state index contributed by atoms with van der Waals surface area (Å²) in [6, 6.07) is 15.8. The number of nitrogens with zero attached hydrogens (tertiary/aromatic N) is 1. The molecule has 27 heavy (non-hydrogen) atoms. The van der Waals surface area contributed by atoms with Crippen LogP contribution >= 0.6 is 0 Å². The monoisotopic (exact) mass is 371 g/mol. The standard InChI is InChI=1S/C20H21NO6/c22-19(21-10-11-25-13-18(21)20(23)24)14-27-17-8-6-16(7-9-17)26-12-15-4-2-1-3-5-15/h1-9,18H,10-14H2,(H,23,24). The lowest BCUT2D eigenvalue weighted by atomic mass is 10.2. The van der Waals surface area contributed by atoms with Gasteiger partial charge in [-0.2, -0.15) is 0 Å². The van der Waals surface area contributed by atoms with Gasteiger partial charge in [-0.25, -0.2) is 4.79 Å². The molecule has 1 N–H and O–H groups in total. The van der Waals surface area contributed by atoms with Crippen LogP contribution in [0.5, 0.6) is 11.5 Å². The fourth-order valence-electron chi connectivity index (χ4n) is 2.71. The van der Waals surface area contributed by atoms with Crippen LogP contribution in [-0.4, -0.2) is 54.3 Å². The van der Waals surface area contributed by atoms with Crippen LogP contribution in [0.4, 0.5) is 0 Å². The first-order valence-electron chi connectivity index (χ1n) is 8.63. The molecule has 1 heterocycles. The van der Waals surface area contributed by atoms with E-state index >= 15 is 0 Å². The topological polar surface area (TPSA) is 85.3 Å². The minimum Gasteiger partial charge on any atom is -0.489 e. The van der Waals surface area contributed by atoms with Crippen molar-refractivity contribution in [3.8, 4) is 11.5 Å². The fraction of sp³-hybridized carbons (Fsp3) is 0.300. The van der Waals surface area contributed by atoms with E-state index in [1.807, 2.05) is 30.3 Å². The average molecular weight is 371 g/mol. The number of carbonyl (C=O) groups is 2. The molecule has 1 amide bonds. The Balaban J connectivity index is 1.49. The Labute approximate surface area is 157 Å². The highest BCUT2D eigenvalue weighted by Crippen LogP contribution is 2.19. The Morgan fingerprint density at radius 1 is 1.04 bits per heavy atom. The first-order valence-corrected chi connectivity index (χ1v) is 8.63. The van der Waals surface area contributed by atoms with Crippen molar-refractivity contribution in [3.63, 3.8) is 0 Å². The normalized spacial score (nSPS) is 16.6. The summed E-state index contributed by atoms with van der Waals surface area (Å²) in [5, 5.41) is 9.18. The lowest BCUT2D eigenvalue weighted by Crippen LogP contribution is -2.53. The highest BCUT2D eigenvalue weighted by Gasteiger charge is 2.32. The van der Waals surface area contributed by atoms with E-state index in [-0.39, 0.29) is 25.7 Å². The number of morpholine rings is 1. The molecular weight excluding hydrogens is 350 g/mol. The SMILES string of the molecule is O=C(O)C1COCCN1C(=O)COc1ccc(OCc2ccccc2)cc1. The second-order valence-electron chi connectivity index (χ2n) is 6.05. The van der Waals surface area contributed by atoms with Gasteiger partial charge in [0.25, 0.3) is 5.91 Å². The molecule has 7 nitrogen and oxygen atoms in total. The molecule has 0 spiro atoms. The first-order chi connectivity index (χ1) is 13.1. The largest absolute Gasteiger partial charge is 0.489 e. The Hall–Kier alpha value is -3.06. The summed E-state index contributed by atoms with van der Waals surface area (Å²) in [6.45, 7) is 0.796. The molecule has 142 valence electrons. The van der Waals surface area contributed by atoms with Crippen LogP contribution in [0.1, 0.15) is 5.56 Å². The van der Waals surface area contributed by atoms with Crippen molar-refractivity contribution in [2.45, 2.75) is 12.6 Å². The quantitative estimate of drug-likeness (QED) is 0.801. The van der Waals surface area contributed by atoms with Crippen LogP contribution in [0.3, 0.4) is 0 Å². The zero-order valence-electron chi connectivity index (χ0n) is 14.7.